The summed E-state index contributed by atoms with van der Waals surface area (Å²) in [5.74, 6) is 2.68. The van der Waals surface area contributed by atoms with Crippen molar-refractivity contribution in [1.82, 2.24) is 15.1 Å². The van der Waals surface area contributed by atoms with Crippen LogP contribution in [-0.2, 0) is 0 Å². The molecule has 0 spiro atoms. The van der Waals surface area contributed by atoms with Crippen molar-refractivity contribution in [2.75, 3.05) is 26.2 Å². The Morgan fingerprint density at radius 2 is 2.33 bits per heavy atom. The molecular formula is C11H17N3O. The van der Waals surface area contributed by atoms with Crippen LogP contribution in [0, 0.1) is 12.3 Å². The van der Waals surface area contributed by atoms with Crippen LogP contribution in [0.15, 0.2) is 0 Å². The van der Waals surface area contributed by atoms with Crippen molar-refractivity contribution >= 4 is 6.03 Å². The fraction of sp³-hybridized carbons (Fsp3) is 0.727. The molecule has 4 nitrogen and oxygen atoms in total. The number of hydrogen-bond acceptors (Lipinski definition) is 2. The van der Waals surface area contributed by atoms with Gasteiger partial charge in [-0.1, -0.05) is 5.92 Å². The molecule has 0 aliphatic carbocycles. The summed E-state index contributed by atoms with van der Waals surface area (Å²) in [5, 5.41) is 3.29. The molecule has 2 fully saturated rings. The molecule has 0 saturated carbocycles. The largest absolute Gasteiger partial charge is 0.321 e. The molecule has 2 aliphatic heterocycles. The summed E-state index contributed by atoms with van der Waals surface area (Å²) in [6.07, 6.45) is 5.46. The Bertz CT molecular complexity index is 318. The zero-order valence-electron chi connectivity index (χ0n) is 9.29. The minimum absolute atomic E-state index is 0.0875. The number of nitrogens with one attached hydrogen (secondary N) is 1. The number of urea groups is 1. The zero-order valence-corrected chi connectivity index (χ0v) is 9.29. The van der Waals surface area contributed by atoms with Gasteiger partial charge in [-0.15, -0.1) is 6.42 Å². The Morgan fingerprint density at radius 3 is 2.93 bits per heavy atom. The first-order valence-corrected chi connectivity index (χ1v) is 5.33. The quantitative estimate of drug-likeness (QED) is 0.619. The Balaban J connectivity index is 2.18. The van der Waals surface area contributed by atoms with Crippen LogP contribution in [0.2, 0.25) is 0 Å². The third-order valence-corrected chi connectivity index (χ3v) is 3.25. The van der Waals surface area contributed by atoms with Gasteiger partial charge in [0.2, 0.25) is 0 Å². The Hall–Kier alpha value is -1.21. The van der Waals surface area contributed by atoms with Gasteiger partial charge in [-0.3, -0.25) is 0 Å². The van der Waals surface area contributed by atoms with Crippen molar-refractivity contribution in [3.8, 4) is 12.3 Å². The number of hydrogen-bond donors (Lipinski definition) is 1. The highest BCUT2D eigenvalue weighted by molar-refractivity contribution is 5.78. The van der Waals surface area contributed by atoms with Crippen molar-refractivity contribution in [2.24, 2.45) is 0 Å². The van der Waals surface area contributed by atoms with Crippen LogP contribution in [0.4, 0.5) is 4.79 Å². The number of carbonyl (C=O) groups is 1. The zero-order chi connectivity index (χ0) is 11.1. The van der Waals surface area contributed by atoms with Gasteiger partial charge in [-0.2, -0.15) is 0 Å². The summed E-state index contributed by atoms with van der Waals surface area (Å²) >= 11 is 0. The summed E-state index contributed by atoms with van der Waals surface area (Å²) in [6, 6.07) is 0.378. The normalized spacial score (nSPS) is 26.5. The molecule has 2 amide bonds. The van der Waals surface area contributed by atoms with Crippen LogP contribution in [-0.4, -0.2) is 53.6 Å². The Kier molecular flexibility index (Phi) is 2.35. The first-order chi connectivity index (χ1) is 7.06. The maximum atomic E-state index is 12.1. The van der Waals surface area contributed by atoms with Gasteiger partial charge in [0.25, 0.3) is 0 Å². The molecule has 15 heavy (non-hydrogen) atoms. The number of piperazine rings is 1. The van der Waals surface area contributed by atoms with E-state index in [9.17, 15) is 4.79 Å². The van der Waals surface area contributed by atoms with E-state index >= 15 is 0 Å². The second-order valence-corrected chi connectivity index (χ2v) is 4.65. The van der Waals surface area contributed by atoms with Crippen LogP contribution in [0.5, 0.6) is 0 Å². The van der Waals surface area contributed by atoms with E-state index in [0.29, 0.717) is 6.04 Å². The topological polar surface area (TPSA) is 35.6 Å². The molecule has 1 N–H and O–H groups in total. The number of nitrogens with zero attached hydrogens (tertiary/aromatic N) is 2. The van der Waals surface area contributed by atoms with Gasteiger partial charge < -0.3 is 15.1 Å². The van der Waals surface area contributed by atoms with Crippen LogP contribution in [0.25, 0.3) is 0 Å². The monoisotopic (exact) mass is 207 g/mol. The van der Waals surface area contributed by atoms with Crippen LogP contribution >= 0.6 is 0 Å². The van der Waals surface area contributed by atoms with E-state index in [0.717, 1.165) is 26.2 Å². The van der Waals surface area contributed by atoms with Crippen molar-refractivity contribution in [2.45, 2.75) is 25.4 Å². The van der Waals surface area contributed by atoms with Gasteiger partial charge in [0.05, 0.1) is 11.6 Å². The third kappa shape index (κ3) is 1.57. The number of terminal acetylenes is 1. The lowest BCUT2D eigenvalue weighted by Crippen LogP contribution is -2.50. The lowest BCUT2D eigenvalue weighted by Gasteiger charge is -2.30. The van der Waals surface area contributed by atoms with Crippen molar-refractivity contribution < 1.29 is 4.79 Å². The standard InChI is InChI=1S/C11H17N3O/c1-4-11(2,3)14-8-9-7-12-5-6-13(9)10(14)15/h1,9,12H,5-8H2,2-3H3. The summed E-state index contributed by atoms with van der Waals surface area (Å²) in [6.45, 7) is 7.12. The van der Waals surface area contributed by atoms with Crippen molar-refractivity contribution in [3.05, 3.63) is 0 Å². The average Bonchev–Trinajstić information content (AvgIpc) is 2.58. The SMILES string of the molecule is C#CC(C)(C)N1CC2CNCCN2C1=O. The average molecular weight is 207 g/mol. The molecule has 0 bridgehead atoms. The third-order valence-electron chi connectivity index (χ3n) is 3.25. The Labute approximate surface area is 90.6 Å². The number of amides is 2. The predicted molar refractivity (Wildman–Crippen MR) is 58.4 cm³/mol. The second-order valence-electron chi connectivity index (χ2n) is 4.65. The molecule has 0 aromatic heterocycles. The molecule has 0 aromatic carbocycles. The number of carbonyl (C=O) groups excluding carboxylic acids is 1. The van der Waals surface area contributed by atoms with Gasteiger partial charge in [0, 0.05) is 26.2 Å². The molecule has 0 radical (unpaired) electrons. The van der Waals surface area contributed by atoms with Gasteiger partial charge >= 0.3 is 6.03 Å². The van der Waals surface area contributed by atoms with E-state index in [4.69, 9.17) is 6.42 Å². The highest BCUT2D eigenvalue weighted by Gasteiger charge is 2.43. The predicted octanol–water partition coefficient (Wildman–Crippen LogP) is 0.108. The van der Waals surface area contributed by atoms with Crippen LogP contribution in [0.1, 0.15) is 13.8 Å². The number of fused-ring (bicyclic) bond motifs is 1. The molecule has 2 aliphatic rings. The molecule has 2 rings (SSSR count). The molecule has 1 unspecified atom stereocenters. The van der Waals surface area contributed by atoms with Crippen molar-refractivity contribution in [1.29, 1.82) is 0 Å². The minimum Gasteiger partial charge on any atom is -0.317 e. The van der Waals surface area contributed by atoms with E-state index in [-0.39, 0.29) is 6.03 Å². The fourth-order valence-corrected chi connectivity index (χ4v) is 2.17. The van der Waals surface area contributed by atoms with E-state index in [2.05, 4.69) is 11.2 Å². The highest BCUT2D eigenvalue weighted by Crippen LogP contribution is 2.24. The molecule has 4 heteroatoms. The highest BCUT2D eigenvalue weighted by atomic mass is 16.2. The minimum atomic E-state index is -0.478. The number of rotatable bonds is 1. The van der Waals surface area contributed by atoms with Crippen LogP contribution in [0.3, 0.4) is 0 Å². The van der Waals surface area contributed by atoms with Gasteiger partial charge in [-0.25, -0.2) is 4.79 Å². The van der Waals surface area contributed by atoms with Gasteiger partial charge in [0.1, 0.15) is 0 Å². The van der Waals surface area contributed by atoms with E-state index < -0.39 is 5.54 Å². The summed E-state index contributed by atoms with van der Waals surface area (Å²) in [4.78, 5) is 15.8. The summed E-state index contributed by atoms with van der Waals surface area (Å²) < 4.78 is 0. The first-order valence-electron chi connectivity index (χ1n) is 5.33. The lowest BCUT2D eigenvalue weighted by atomic mass is 10.1. The molecule has 2 saturated heterocycles. The lowest BCUT2D eigenvalue weighted by molar-refractivity contribution is 0.164. The van der Waals surface area contributed by atoms with Crippen LogP contribution < -0.4 is 5.32 Å². The van der Waals surface area contributed by atoms with Crippen molar-refractivity contribution in [3.63, 3.8) is 0 Å². The van der Waals surface area contributed by atoms with E-state index in [1.165, 1.54) is 0 Å². The molecule has 1 atom stereocenters. The van der Waals surface area contributed by atoms with E-state index in [1.54, 1.807) is 4.90 Å². The van der Waals surface area contributed by atoms with Gasteiger partial charge in [0.15, 0.2) is 0 Å². The molecule has 2 heterocycles. The second kappa shape index (κ2) is 3.42. The maximum absolute atomic E-state index is 12.1. The fourth-order valence-electron chi connectivity index (χ4n) is 2.17. The summed E-state index contributed by atoms with van der Waals surface area (Å²) in [7, 11) is 0. The maximum Gasteiger partial charge on any atom is 0.321 e. The molecule has 0 aromatic rings. The first kappa shape index (κ1) is 10.3. The van der Waals surface area contributed by atoms with Gasteiger partial charge in [-0.05, 0) is 13.8 Å². The molecular weight excluding hydrogens is 190 g/mol. The molecule has 82 valence electrons. The van der Waals surface area contributed by atoms with E-state index in [1.807, 2.05) is 18.7 Å². The Morgan fingerprint density at radius 1 is 1.60 bits per heavy atom. The smallest absolute Gasteiger partial charge is 0.317 e. The summed E-state index contributed by atoms with van der Waals surface area (Å²) in [5.41, 5.74) is -0.478.